The summed E-state index contributed by atoms with van der Waals surface area (Å²) in [6.07, 6.45) is -0.0969. The van der Waals surface area contributed by atoms with Crippen LogP contribution in [-0.4, -0.2) is 11.1 Å². The third-order valence-electron chi connectivity index (χ3n) is 2.72. The molecule has 2 rings (SSSR count). The van der Waals surface area contributed by atoms with Crippen molar-refractivity contribution in [1.82, 2.24) is 4.98 Å². The number of aryl methyl sites for hydroxylation is 2. The van der Waals surface area contributed by atoms with Crippen LogP contribution in [0.25, 0.3) is 0 Å². The van der Waals surface area contributed by atoms with Gasteiger partial charge in [-0.05, 0) is 51.5 Å². The summed E-state index contributed by atoms with van der Waals surface area (Å²) >= 11 is 1.41. The number of pyridine rings is 1. The van der Waals surface area contributed by atoms with Crippen molar-refractivity contribution in [3.63, 3.8) is 0 Å². The zero-order valence-corrected chi connectivity index (χ0v) is 13.4. The van der Waals surface area contributed by atoms with Crippen LogP contribution in [0, 0.1) is 19.7 Å². The predicted octanol–water partition coefficient (Wildman–Crippen LogP) is 4.36. The molecule has 112 valence electrons. The van der Waals surface area contributed by atoms with Gasteiger partial charge in [0, 0.05) is 22.3 Å². The molecule has 1 heterocycles. The van der Waals surface area contributed by atoms with Crippen LogP contribution in [0.1, 0.15) is 25.1 Å². The Labute approximate surface area is 128 Å². The van der Waals surface area contributed by atoms with E-state index in [1.54, 1.807) is 6.07 Å². The van der Waals surface area contributed by atoms with Crippen molar-refractivity contribution in [2.24, 2.45) is 0 Å². The van der Waals surface area contributed by atoms with Gasteiger partial charge in [-0.1, -0.05) is 11.8 Å². The summed E-state index contributed by atoms with van der Waals surface area (Å²) in [5.74, 6) is -0.231. The molecule has 0 amide bonds. The highest BCUT2D eigenvalue weighted by Gasteiger charge is 2.12. The van der Waals surface area contributed by atoms with Crippen molar-refractivity contribution in [3.05, 3.63) is 41.3 Å². The number of nitrogens with two attached hydrogens (primary N) is 1. The average Bonchev–Trinajstić information content (AvgIpc) is 2.33. The van der Waals surface area contributed by atoms with E-state index in [-0.39, 0.29) is 11.9 Å². The van der Waals surface area contributed by atoms with Crippen molar-refractivity contribution in [3.8, 4) is 5.75 Å². The van der Waals surface area contributed by atoms with Gasteiger partial charge in [0.1, 0.15) is 5.03 Å². The summed E-state index contributed by atoms with van der Waals surface area (Å²) in [5.41, 5.74) is 8.36. The van der Waals surface area contributed by atoms with Gasteiger partial charge in [-0.25, -0.2) is 9.37 Å². The third kappa shape index (κ3) is 4.11. The lowest BCUT2D eigenvalue weighted by atomic mass is 10.2. The molecule has 0 fully saturated rings. The maximum atomic E-state index is 13.8. The van der Waals surface area contributed by atoms with Crippen LogP contribution in [-0.2, 0) is 0 Å². The molecule has 1 aromatic carbocycles. The highest BCUT2D eigenvalue weighted by atomic mass is 32.2. The highest BCUT2D eigenvalue weighted by Crippen LogP contribution is 2.36. The molecule has 0 aliphatic rings. The fraction of sp³-hybridized carbons (Fsp3) is 0.312. The van der Waals surface area contributed by atoms with Crippen LogP contribution in [0.15, 0.2) is 34.2 Å². The lowest BCUT2D eigenvalue weighted by Gasteiger charge is -2.13. The molecule has 0 bridgehead atoms. The van der Waals surface area contributed by atoms with Crippen LogP contribution in [0.2, 0.25) is 0 Å². The summed E-state index contributed by atoms with van der Waals surface area (Å²) in [5, 5.41) is 0.835. The summed E-state index contributed by atoms with van der Waals surface area (Å²) in [4.78, 5) is 5.20. The van der Waals surface area contributed by atoms with Crippen LogP contribution in [0.3, 0.4) is 0 Å². The number of ether oxygens (including phenoxy) is 1. The fourth-order valence-electron chi connectivity index (χ4n) is 1.95. The number of anilines is 1. The minimum absolute atomic E-state index is 0.0969. The Morgan fingerprint density at radius 1 is 1.19 bits per heavy atom. The van der Waals surface area contributed by atoms with Crippen molar-refractivity contribution in [1.29, 1.82) is 0 Å². The maximum absolute atomic E-state index is 13.8. The molecule has 0 saturated carbocycles. The zero-order valence-electron chi connectivity index (χ0n) is 12.6. The Morgan fingerprint density at radius 3 is 2.52 bits per heavy atom. The van der Waals surface area contributed by atoms with Crippen LogP contribution in [0.4, 0.5) is 10.1 Å². The summed E-state index contributed by atoms with van der Waals surface area (Å²) in [7, 11) is 0. The summed E-state index contributed by atoms with van der Waals surface area (Å²) < 4.78 is 19.3. The number of hydrogen-bond acceptors (Lipinski definition) is 4. The lowest BCUT2D eigenvalue weighted by Crippen LogP contribution is -2.07. The molecular formula is C16H19FN2OS. The second-order valence-electron chi connectivity index (χ2n) is 5.21. The monoisotopic (exact) mass is 306 g/mol. The Kier molecular flexibility index (Phi) is 4.73. The number of nitrogen functional groups attached to an aromatic ring is 1. The van der Waals surface area contributed by atoms with Gasteiger partial charge in [0.2, 0.25) is 0 Å². The number of benzene rings is 1. The first-order valence-electron chi connectivity index (χ1n) is 6.74. The van der Waals surface area contributed by atoms with E-state index >= 15 is 0 Å². The molecule has 0 saturated heterocycles. The van der Waals surface area contributed by atoms with Crippen LogP contribution < -0.4 is 10.5 Å². The normalized spacial score (nSPS) is 11.0. The van der Waals surface area contributed by atoms with E-state index in [1.165, 1.54) is 17.8 Å². The third-order valence-corrected chi connectivity index (χ3v) is 3.71. The molecule has 0 atom stereocenters. The van der Waals surface area contributed by atoms with E-state index in [0.717, 1.165) is 21.2 Å². The second kappa shape index (κ2) is 6.35. The van der Waals surface area contributed by atoms with Gasteiger partial charge in [-0.15, -0.1) is 0 Å². The Hall–Kier alpha value is -1.75. The maximum Gasteiger partial charge on any atom is 0.167 e. The standard InChI is InChI=1S/C16H19FN2OS/c1-9(2)20-14-8-15(13(18)7-12(14)17)21-16-6-10(3)5-11(4)19-16/h5-9H,18H2,1-4H3. The minimum atomic E-state index is -0.445. The largest absolute Gasteiger partial charge is 0.488 e. The van der Waals surface area contributed by atoms with E-state index in [0.29, 0.717) is 5.69 Å². The number of aromatic nitrogens is 1. The molecule has 0 aliphatic heterocycles. The first-order chi connectivity index (χ1) is 9.85. The van der Waals surface area contributed by atoms with E-state index in [9.17, 15) is 4.39 Å². The quantitative estimate of drug-likeness (QED) is 0.853. The number of nitrogens with zero attached hydrogens (tertiary/aromatic N) is 1. The van der Waals surface area contributed by atoms with Crippen molar-refractivity contribution in [2.75, 3.05) is 5.73 Å². The van der Waals surface area contributed by atoms with E-state index in [4.69, 9.17) is 10.5 Å². The molecule has 3 nitrogen and oxygen atoms in total. The van der Waals surface area contributed by atoms with Crippen LogP contribution >= 0.6 is 11.8 Å². The van der Waals surface area contributed by atoms with Gasteiger partial charge in [0.05, 0.1) is 6.10 Å². The topological polar surface area (TPSA) is 48.1 Å². The Morgan fingerprint density at radius 2 is 1.90 bits per heavy atom. The van der Waals surface area contributed by atoms with E-state index in [2.05, 4.69) is 4.98 Å². The van der Waals surface area contributed by atoms with Crippen molar-refractivity contribution >= 4 is 17.4 Å². The molecule has 2 aromatic rings. The van der Waals surface area contributed by atoms with E-state index < -0.39 is 5.82 Å². The summed E-state index contributed by atoms with van der Waals surface area (Å²) in [6, 6.07) is 6.91. The molecule has 0 unspecified atom stereocenters. The summed E-state index contributed by atoms with van der Waals surface area (Å²) in [6.45, 7) is 7.67. The minimum Gasteiger partial charge on any atom is -0.488 e. The van der Waals surface area contributed by atoms with Gasteiger partial charge in [0.15, 0.2) is 11.6 Å². The predicted molar refractivity (Wildman–Crippen MR) is 84.4 cm³/mol. The SMILES string of the molecule is Cc1cc(C)nc(Sc2cc(OC(C)C)c(F)cc2N)c1. The average molecular weight is 306 g/mol. The zero-order chi connectivity index (χ0) is 15.6. The van der Waals surface area contributed by atoms with Crippen molar-refractivity contribution < 1.29 is 9.13 Å². The second-order valence-corrected chi connectivity index (χ2v) is 6.28. The number of rotatable bonds is 4. The van der Waals surface area contributed by atoms with Crippen LogP contribution in [0.5, 0.6) is 5.75 Å². The molecule has 0 spiro atoms. The first-order valence-corrected chi connectivity index (χ1v) is 7.55. The number of halogens is 1. The molecule has 1 aromatic heterocycles. The highest BCUT2D eigenvalue weighted by molar-refractivity contribution is 7.99. The molecular weight excluding hydrogens is 287 g/mol. The van der Waals surface area contributed by atoms with Crippen molar-refractivity contribution in [2.45, 2.75) is 43.7 Å². The molecule has 2 N–H and O–H groups in total. The molecule has 5 heteroatoms. The fourth-order valence-corrected chi connectivity index (χ4v) is 2.95. The Balaban J connectivity index is 2.34. The van der Waals surface area contributed by atoms with Gasteiger partial charge in [-0.2, -0.15) is 0 Å². The lowest BCUT2D eigenvalue weighted by molar-refractivity contribution is 0.230. The smallest absolute Gasteiger partial charge is 0.167 e. The molecule has 21 heavy (non-hydrogen) atoms. The molecule has 0 radical (unpaired) electrons. The number of hydrogen-bond donors (Lipinski definition) is 1. The van der Waals surface area contributed by atoms with Gasteiger partial charge < -0.3 is 10.5 Å². The Bertz CT molecular complexity index is 639. The van der Waals surface area contributed by atoms with Gasteiger partial charge in [0.25, 0.3) is 0 Å². The van der Waals surface area contributed by atoms with E-state index in [1.807, 2.05) is 39.8 Å². The van der Waals surface area contributed by atoms with Gasteiger partial charge in [-0.3, -0.25) is 0 Å². The van der Waals surface area contributed by atoms with Gasteiger partial charge >= 0.3 is 0 Å². The first kappa shape index (κ1) is 15.6. The molecule has 0 aliphatic carbocycles.